The van der Waals surface area contributed by atoms with Crippen LogP contribution in [0.5, 0.6) is 0 Å². The van der Waals surface area contributed by atoms with Crippen molar-refractivity contribution in [2.45, 2.75) is 32.3 Å². The third kappa shape index (κ3) is 6.57. The number of benzene rings is 2. The Hall–Kier alpha value is -1.87. The minimum atomic E-state index is -0.954. The Morgan fingerprint density at radius 3 is 1.53 bits per heavy atom. The second-order valence-corrected chi connectivity index (χ2v) is 6.51. The van der Waals surface area contributed by atoms with Crippen molar-refractivity contribution in [2.24, 2.45) is 0 Å². The van der Waals surface area contributed by atoms with Crippen molar-refractivity contribution < 1.29 is 44.9 Å². The quantitative estimate of drug-likeness (QED) is 0.314. The zero-order valence-corrected chi connectivity index (χ0v) is 19.4. The smallest absolute Gasteiger partial charge is 0.394 e. The molecule has 2 aromatic carbocycles. The SMILES string of the molecule is CCCC[c-]1c(=O)n(-c2ccccc2)n(-c2ccccc2)c1=O.OCC(O)CO.[Na+]. The molecule has 1 heterocycles. The number of aliphatic hydroxyl groups is 3. The molecule has 1 aromatic heterocycles. The van der Waals surface area contributed by atoms with Crippen LogP contribution in [0.25, 0.3) is 11.4 Å². The average molecular weight is 422 g/mol. The predicted molar refractivity (Wildman–Crippen MR) is 112 cm³/mol. The fourth-order valence-corrected chi connectivity index (χ4v) is 2.76. The van der Waals surface area contributed by atoms with Crippen LogP contribution in [0, 0.1) is 0 Å². The van der Waals surface area contributed by atoms with Crippen molar-refractivity contribution >= 4 is 0 Å². The molecular weight excluding hydrogens is 395 g/mol. The number of hydrogen-bond donors (Lipinski definition) is 3. The predicted octanol–water partition coefficient (Wildman–Crippen LogP) is -1.61. The van der Waals surface area contributed by atoms with Crippen LogP contribution in [0.15, 0.2) is 70.3 Å². The molecule has 0 spiro atoms. The molecule has 3 rings (SSSR count). The molecule has 0 aliphatic rings. The summed E-state index contributed by atoms with van der Waals surface area (Å²) in [4.78, 5) is 25.7. The van der Waals surface area contributed by atoms with E-state index in [2.05, 4.69) is 0 Å². The van der Waals surface area contributed by atoms with Crippen molar-refractivity contribution in [3.05, 3.63) is 86.9 Å². The summed E-state index contributed by atoms with van der Waals surface area (Å²) < 4.78 is 2.95. The summed E-state index contributed by atoms with van der Waals surface area (Å²) in [6.45, 7) is 1.32. The van der Waals surface area contributed by atoms with E-state index in [1.165, 1.54) is 9.36 Å². The fraction of sp³-hybridized carbons (Fsp3) is 0.318. The van der Waals surface area contributed by atoms with Gasteiger partial charge in [0.05, 0.1) is 24.6 Å². The van der Waals surface area contributed by atoms with Gasteiger partial charge in [0.25, 0.3) is 0 Å². The van der Waals surface area contributed by atoms with Crippen LogP contribution >= 0.6 is 0 Å². The van der Waals surface area contributed by atoms with Crippen molar-refractivity contribution in [3.8, 4) is 11.4 Å². The monoisotopic (exact) mass is 422 g/mol. The number of para-hydroxylation sites is 2. The molecule has 156 valence electrons. The van der Waals surface area contributed by atoms with Gasteiger partial charge in [-0.3, -0.25) is 0 Å². The molecule has 0 bridgehead atoms. The van der Waals surface area contributed by atoms with Gasteiger partial charge in [-0.25, -0.2) is 14.9 Å². The molecule has 7 nitrogen and oxygen atoms in total. The molecule has 8 heteroatoms. The standard InChI is InChI=1S/C19H19N2O2.C3H8O3.Na/c1-2-3-14-17-18(22)20(15-10-6-4-7-11-15)21(19(17)23)16-12-8-5-9-13-16;4-1-3(6)2-5;/h4-13H,2-3,14H2,1H3;3-6H,1-2H2;/q-1;;+1. The first kappa shape index (κ1) is 26.2. The Balaban J connectivity index is 0.000000567. The molecule has 0 radical (unpaired) electrons. The zero-order chi connectivity index (χ0) is 21.2. The summed E-state index contributed by atoms with van der Waals surface area (Å²) >= 11 is 0. The first-order valence-corrected chi connectivity index (χ1v) is 9.59. The van der Waals surface area contributed by atoms with E-state index in [9.17, 15) is 9.59 Å². The van der Waals surface area contributed by atoms with Gasteiger partial charge >= 0.3 is 29.6 Å². The summed E-state index contributed by atoms with van der Waals surface area (Å²) in [5, 5.41) is 24.0. The second kappa shape index (κ2) is 13.4. The third-order valence-electron chi connectivity index (χ3n) is 4.30. The van der Waals surface area contributed by atoms with Crippen LogP contribution in [0.4, 0.5) is 0 Å². The van der Waals surface area contributed by atoms with Crippen LogP contribution in [0.2, 0.25) is 0 Å². The van der Waals surface area contributed by atoms with E-state index in [1.54, 1.807) is 0 Å². The first-order chi connectivity index (χ1) is 14.0. The van der Waals surface area contributed by atoms with E-state index >= 15 is 0 Å². The maximum Gasteiger partial charge on any atom is 1.00 e. The molecule has 0 saturated heterocycles. The Kier molecular flexibility index (Phi) is 11.7. The van der Waals surface area contributed by atoms with Gasteiger partial charge in [-0.2, -0.15) is 0 Å². The van der Waals surface area contributed by atoms with Gasteiger partial charge < -0.3 is 24.9 Å². The van der Waals surface area contributed by atoms with E-state index in [4.69, 9.17) is 15.3 Å². The Morgan fingerprint density at radius 2 is 1.23 bits per heavy atom. The van der Waals surface area contributed by atoms with Gasteiger partial charge in [-0.05, 0) is 24.3 Å². The number of nitrogens with zero attached hydrogens (tertiary/aromatic N) is 2. The zero-order valence-electron chi connectivity index (χ0n) is 17.4. The molecule has 0 aliphatic carbocycles. The van der Waals surface area contributed by atoms with E-state index in [0.717, 1.165) is 12.8 Å². The van der Waals surface area contributed by atoms with Gasteiger partial charge in [0.2, 0.25) is 0 Å². The molecule has 0 atom stereocenters. The normalized spacial score (nSPS) is 10.3. The molecule has 3 aromatic rings. The van der Waals surface area contributed by atoms with Crippen LogP contribution in [-0.2, 0) is 6.42 Å². The number of aliphatic hydroxyl groups excluding tert-OH is 3. The number of rotatable bonds is 7. The second-order valence-electron chi connectivity index (χ2n) is 6.51. The van der Waals surface area contributed by atoms with Crippen LogP contribution < -0.4 is 40.7 Å². The molecule has 0 unspecified atom stereocenters. The minimum absolute atomic E-state index is 0. The largest absolute Gasteiger partial charge is 1.00 e. The Bertz CT molecular complexity index is 905. The van der Waals surface area contributed by atoms with E-state index in [-0.39, 0.29) is 53.9 Å². The Labute approximate surface area is 197 Å². The van der Waals surface area contributed by atoms with Crippen molar-refractivity contribution in [3.63, 3.8) is 0 Å². The first-order valence-electron chi connectivity index (χ1n) is 9.59. The summed E-state index contributed by atoms with van der Waals surface area (Å²) in [7, 11) is 0. The molecular formula is C22H27N2NaO5. The van der Waals surface area contributed by atoms with Crippen LogP contribution in [0.1, 0.15) is 25.3 Å². The average Bonchev–Trinajstić information content (AvgIpc) is 3.02. The molecule has 0 amide bonds. The summed E-state index contributed by atoms with van der Waals surface area (Å²) in [6.07, 6.45) is 1.34. The molecule has 3 N–H and O–H groups in total. The fourth-order valence-electron chi connectivity index (χ4n) is 2.76. The minimum Gasteiger partial charge on any atom is -0.394 e. The molecule has 0 aliphatic heterocycles. The van der Waals surface area contributed by atoms with E-state index in [0.29, 0.717) is 23.4 Å². The number of hydrogen-bond acceptors (Lipinski definition) is 5. The van der Waals surface area contributed by atoms with Gasteiger partial charge in [0, 0.05) is 0 Å². The maximum absolute atomic E-state index is 12.8. The third-order valence-corrected chi connectivity index (χ3v) is 4.30. The number of unbranched alkanes of at least 4 members (excludes halogenated alkanes) is 1. The van der Waals surface area contributed by atoms with E-state index < -0.39 is 6.10 Å². The van der Waals surface area contributed by atoms with Crippen LogP contribution in [0.3, 0.4) is 0 Å². The van der Waals surface area contributed by atoms with E-state index in [1.807, 2.05) is 67.6 Å². The maximum atomic E-state index is 12.8. The van der Waals surface area contributed by atoms with Crippen molar-refractivity contribution in [2.75, 3.05) is 13.2 Å². The topological polar surface area (TPSA) is 105 Å². The molecule has 30 heavy (non-hydrogen) atoms. The molecule has 0 fully saturated rings. The summed E-state index contributed by atoms with van der Waals surface area (Å²) in [6, 6.07) is 18.6. The van der Waals surface area contributed by atoms with Gasteiger partial charge in [-0.1, -0.05) is 56.2 Å². The van der Waals surface area contributed by atoms with Gasteiger partial charge in [0.15, 0.2) is 0 Å². The summed E-state index contributed by atoms with van der Waals surface area (Å²) in [5.41, 5.74) is 1.30. The van der Waals surface area contributed by atoms with Gasteiger partial charge in [-0.15, -0.1) is 6.42 Å². The van der Waals surface area contributed by atoms with Crippen LogP contribution in [-0.4, -0.2) is 44.0 Å². The summed E-state index contributed by atoms with van der Waals surface area (Å²) in [5.74, 6) is 0. The van der Waals surface area contributed by atoms with Crippen molar-refractivity contribution in [1.29, 1.82) is 0 Å². The van der Waals surface area contributed by atoms with Crippen molar-refractivity contribution in [1.82, 2.24) is 9.36 Å². The molecule has 0 saturated carbocycles. The number of aromatic nitrogens is 2. The van der Waals surface area contributed by atoms with Gasteiger partial charge in [0.1, 0.15) is 17.2 Å². The Morgan fingerprint density at radius 1 is 0.833 bits per heavy atom.